The second kappa shape index (κ2) is 4.68. The summed E-state index contributed by atoms with van der Waals surface area (Å²) in [6, 6.07) is 7.40. The molecule has 0 bridgehead atoms. The van der Waals surface area contributed by atoms with Crippen LogP contribution in [0.25, 0.3) is 0 Å². The Hall–Kier alpha value is -1.84. The second-order valence-corrected chi connectivity index (χ2v) is 5.18. The Morgan fingerprint density at radius 3 is 2.63 bits per heavy atom. The third kappa shape index (κ3) is 2.23. The zero-order chi connectivity index (χ0) is 13.4. The highest BCUT2D eigenvalue weighted by atomic mass is 16.5. The van der Waals surface area contributed by atoms with Crippen LogP contribution in [0.5, 0.6) is 5.75 Å². The van der Waals surface area contributed by atoms with Crippen molar-refractivity contribution >= 4 is 11.8 Å². The first kappa shape index (κ1) is 12.2. The molecule has 2 saturated carbocycles. The smallest absolute Gasteiger partial charge is 0.310 e. The molecule has 4 nitrogen and oxygen atoms in total. The first-order valence-electron chi connectivity index (χ1n) is 6.53. The summed E-state index contributed by atoms with van der Waals surface area (Å²) in [5, 5.41) is 0. The Bertz CT molecular complexity index is 505. The Morgan fingerprint density at radius 1 is 1.32 bits per heavy atom. The summed E-state index contributed by atoms with van der Waals surface area (Å²) >= 11 is 0. The van der Waals surface area contributed by atoms with Crippen LogP contribution in [-0.4, -0.2) is 18.9 Å². The highest BCUT2D eigenvalue weighted by Gasteiger charge is 2.62. The summed E-state index contributed by atoms with van der Waals surface area (Å²) in [5.41, 5.74) is 0.922. The van der Waals surface area contributed by atoms with Gasteiger partial charge < -0.3 is 9.47 Å². The van der Waals surface area contributed by atoms with Crippen LogP contribution in [0, 0.1) is 17.8 Å². The van der Waals surface area contributed by atoms with E-state index in [9.17, 15) is 9.59 Å². The lowest BCUT2D eigenvalue weighted by Crippen LogP contribution is -2.13. The van der Waals surface area contributed by atoms with Crippen molar-refractivity contribution in [2.45, 2.75) is 19.4 Å². The van der Waals surface area contributed by atoms with Crippen molar-refractivity contribution in [2.75, 3.05) is 7.11 Å². The maximum atomic E-state index is 11.9. The van der Waals surface area contributed by atoms with Gasteiger partial charge in [-0.05, 0) is 30.0 Å². The van der Waals surface area contributed by atoms with Gasteiger partial charge in [-0.1, -0.05) is 12.1 Å². The molecule has 0 saturated heterocycles. The normalized spacial score (nSPS) is 27.8. The molecule has 0 N–H and O–H groups in total. The molecule has 1 aromatic carbocycles. The number of benzene rings is 1. The van der Waals surface area contributed by atoms with Gasteiger partial charge in [-0.2, -0.15) is 0 Å². The minimum absolute atomic E-state index is 0.0385. The lowest BCUT2D eigenvalue weighted by Gasteiger charge is -2.06. The molecular weight excluding hydrogens is 244 g/mol. The largest absolute Gasteiger partial charge is 0.497 e. The highest BCUT2D eigenvalue weighted by molar-refractivity contribution is 5.94. The van der Waals surface area contributed by atoms with Gasteiger partial charge in [-0.25, -0.2) is 0 Å². The molecule has 2 fully saturated rings. The number of Topliss-reactive ketones (excluding diaryl/α,β-unsaturated/α-hetero) is 1. The first-order valence-corrected chi connectivity index (χ1v) is 6.53. The van der Waals surface area contributed by atoms with Crippen LogP contribution in [-0.2, 0) is 20.9 Å². The van der Waals surface area contributed by atoms with Crippen LogP contribution in [0.2, 0.25) is 0 Å². The lowest BCUT2D eigenvalue weighted by molar-refractivity contribution is -0.148. The van der Waals surface area contributed by atoms with E-state index in [-0.39, 0.29) is 36.1 Å². The highest BCUT2D eigenvalue weighted by Crippen LogP contribution is 2.55. The fraction of sp³-hybridized carbons (Fsp3) is 0.467. The Balaban J connectivity index is 1.52. The quantitative estimate of drug-likeness (QED) is 0.777. The van der Waals surface area contributed by atoms with Crippen LogP contribution in [0.4, 0.5) is 0 Å². The van der Waals surface area contributed by atoms with Crippen molar-refractivity contribution in [2.24, 2.45) is 17.8 Å². The number of rotatable bonds is 4. The molecule has 0 heterocycles. The number of ketones is 1. The van der Waals surface area contributed by atoms with Gasteiger partial charge >= 0.3 is 5.97 Å². The topological polar surface area (TPSA) is 52.6 Å². The Kier molecular flexibility index (Phi) is 3.01. The minimum atomic E-state index is -0.223. The summed E-state index contributed by atoms with van der Waals surface area (Å²) in [6.45, 7) is 0.257. The molecule has 4 heteroatoms. The first-order chi connectivity index (χ1) is 9.20. The number of methoxy groups -OCH3 is 1. The number of hydrogen-bond donors (Lipinski definition) is 0. The number of fused-ring (bicyclic) bond motifs is 1. The van der Waals surface area contributed by atoms with Gasteiger partial charge in [0.25, 0.3) is 0 Å². The van der Waals surface area contributed by atoms with E-state index in [1.54, 1.807) is 7.11 Å². The molecular formula is C15H16O4. The molecule has 0 aromatic heterocycles. The third-order valence-corrected chi connectivity index (χ3v) is 4.08. The zero-order valence-corrected chi connectivity index (χ0v) is 10.8. The molecule has 19 heavy (non-hydrogen) atoms. The summed E-state index contributed by atoms with van der Waals surface area (Å²) in [7, 11) is 1.61. The minimum Gasteiger partial charge on any atom is -0.497 e. The average Bonchev–Trinajstić information content (AvgIpc) is 3.06. The Morgan fingerprint density at radius 2 is 2.05 bits per heavy atom. The van der Waals surface area contributed by atoms with Crippen molar-refractivity contribution in [3.63, 3.8) is 0 Å². The number of hydrogen-bond acceptors (Lipinski definition) is 4. The summed E-state index contributed by atoms with van der Waals surface area (Å²) in [6.07, 6.45) is 1.49. The average molecular weight is 260 g/mol. The number of ether oxygens (including phenoxy) is 2. The maximum absolute atomic E-state index is 11.9. The van der Waals surface area contributed by atoms with E-state index in [1.807, 2.05) is 24.3 Å². The van der Waals surface area contributed by atoms with Crippen molar-refractivity contribution in [1.82, 2.24) is 0 Å². The molecule has 3 atom stereocenters. The molecule has 100 valence electrons. The number of carbonyl (C=O) groups is 2. The zero-order valence-electron chi connectivity index (χ0n) is 10.8. The van der Waals surface area contributed by atoms with E-state index >= 15 is 0 Å². The van der Waals surface area contributed by atoms with Crippen molar-refractivity contribution in [3.8, 4) is 5.75 Å². The van der Waals surface area contributed by atoms with Crippen molar-refractivity contribution in [1.29, 1.82) is 0 Å². The predicted octanol–water partition coefficient (Wildman–Crippen LogP) is 1.96. The standard InChI is InChI=1S/C15H16O4/c1-18-10-4-2-9(3-5-10)8-19-15(17)14-11-6-7-12(16)13(11)14/h2-5,11,13-14H,6-8H2,1H3. The monoisotopic (exact) mass is 260 g/mol. The van der Waals surface area contributed by atoms with Crippen LogP contribution in [0.15, 0.2) is 24.3 Å². The molecule has 2 aliphatic carbocycles. The van der Waals surface area contributed by atoms with Gasteiger partial charge in [-0.3, -0.25) is 9.59 Å². The van der Waals surface area contributed by atoms with E-state index in [2.05, 4.69) is 0 Å². The fourth-order valence-electron chi connectivity index (χ4n) is 2.94. The second-order valence-electron chi connectivity index (χ2n) is 5.18. The summed E-state index contributed by atoms with van der Waals surface area (Å²) < 4.78 is 10.3. The van der Waals surface area contributed by atoms with Gasteiger partial charge in [0, 0.05) is 12.3 Å². The predicted molar refractivity (Wildman–Crippen MR) is 67.5 cm³/mol. The molecule has 0 aliphatic heterocycles. The van der Waals surface area contributed by atoms with Crippen molar-refractivity contribution < 1.29 is 19.1 Å². The molecule has 0 amide bonds. The van der Waals surface area contributed by atoms with Crippen LogP contribution in [0.1, 0.15) is 18.4 Å². The third-order valence-electron chi connectivity index (χ3n) is 4.08. The van der Waals surface area contributed by atoms with Crippen LogP contribution >= 0.6 is 0 Å². The van der Waals surface area contributed by atoms with E-state index in [1.165, 1.54) is 0 Å². The van der Waals surface area contributed by atoms with Gasteiger partial charge in [0.05, 0.1) is 13.0 Å². The molecule has 2 aliphatic rings. The molecule has 1 aromatic rings. The SMILES string of the molecule is COc1ccc(COC(=O)C2C3CCC(=O)C32)cc1. The number of carbonyl (C=O) groups excluding carboxylic acids is 2. The fourth-order valence-corrected chi connectivity index (χ4v) is 2.94. The Labute approximate surface area is 111 Å². The summed E-state index contributed by atoms with van der Waals surface area (Å²) in [4.78, 5) is 23.3. The van der Waals surface area contributed by atoms with Gasteiger partial charge in [0.1, 0.15) is 18.1 Å². The molecule has 0 spiro atoms. The van der Waals surface area contributed by atoms with Gasteiger partial charge in [0.15, 0.2) is 0 Å². The van der Waals surface area contributed by atoms with Gasteiger partial charge in [0.2, 0.25) is 0 Å². The van der Waals surface area contributed by atoms with E-state index in [0.29, 0.717) is 6.42 Å². The van der Waals surface area contributed by atoms with Crippen LogP contribution < -0.4 is 4.74 Å². The van der Waals surface area contributed by atoms with E-state index in [0.717, 1.165) is 17.7 Å². The molecule has 3 unspecified atom stereocenters. The van der Waals surface area contributed by atoms with Crippen molar-refractivity contribution in [3.05, 3.63) is 29.8 Å². The van der Waals surface area contributed by atoms with Crippen LogP contribution in [0.3, 0.4) is 0 Å². The molecule has 3 rings (SSSR count). The van der Waals surface area contributed by atoms with E-state index in [4.69, 9.17) is 9.47 Å². The number of esters is 1. The van der Waals surface area contributed by atoms with Gasteiger partial charge in [-0.15, -0.1) is 0 Å². The van der Waals surface area contributed by atoms with E-state index < -0.39 is 0 Å². The summed E-state index contributed by atoms with van der Waals surface area (Å²) in [5.74, 6) is 0.839. The lowest BCUT2D eigenvalue weighted by atomic mass is 10.1. The maximum Gasteiger partial charge on any atom is 0.310 e. The molecule has 0 radical (unpaired) electrons.